The fourth-order valence-electron chi connectivity index (χ4n) is 2.64. The van der Waals surface area contributed by atoms with Crippen molar-refractivity contribution >= 4 is 39.3 Å². The first kappa shape index (κ1) is 24.5. The van der Waals surface area contributed by atoms with Crippen LogP contribution in [0.1, 0.15) is 18.1 Å². The molecule has 9 heteroatoms. The van der Waals surface area contributed by atoms with Gasteiger partial charge < -0.3 is 14.8 Å². The maximum absolute atomic E-state index is 12.2. The van der Waals surface area contributed by atoms with Crippen molar-refractivity contribution in [3.63, 3.8) is 0 Å². The highest BCUT2D eigenvalue weighted by molar-refractivity contribution is 7.88. The number of hydrogen-bond acceptors (Lipinski definition) is 5. The lowest BCUT2D eigenvalue weighted by atomic mass is 10.2. The summed E-state index contributed by atoms with van der Waals surface area (Å²) in [7, 11) is -1.93. The number of benzene rings is 2. The predicted molar refractivity (Wildman–Crippen MR) is 124 cm³/mol. The quantitative estimate of drug-likeness (QED) is 0.387. The Balaban J connectivity index is 2.02. The predicted octanol–water partition coefficient (Wildman–Crippen LogP) is 4.00. The van der Waals surface area contributed by atoms with Gasteiger partial charge >= 0.3 is 0 Å². The zero-order valence-corrected chi connectivity index (χ0v) is 18.9. The van der Waals surface area contributed by atoms with Gasteiger partial charge in [-0.05, 0) is 48.4 Å². The van der Waals surface area contributed by atoms with E-state index in [1.165, 1.54) is 19.3 Å². The first-order valence-corrected chi connectivity index (χ1v) is 11.5. The van der Waals surface area contributed by atoms with E-state index in [-0.39, 0.29) is 18.2 Å². The Morgan fingerprint density at radius 2 is 1.94 bits per heavy atom. The van der Waals surface area contributed by atoms with Crippen LogP contribution in [-0.4, -0.2) is 34.6 Å². The van der Waals surface area contributed by atoms with E-state index < -0.39 is 10.0 Å². The monoisotopic (exact) mass is 464 g/mol. The number of rotatable bonds is 11. The van der Waals surface area contributed by atoms with Crippen molar-refractivity contribution in [2.75, 3.05) is 25.6 Å². The number of methoxy groups -OCH3 is 1. The van der Waals surface area contributed by atoms with Gasteiger partial charge in [0.1, 0.15) is 0 Å². The number of carbonyl (C=O) groups is 1. The Kier molecular flexibility index (Phi) is 9.11. The Morgan fingerprint density at radius 3 is 2.55 bits per heavy atom. The van der Waals surface area contributed by atoms with Crippen LogP contribution in [0.15, 0.2) is 55.1 Å². The smallest absolute Gasteiger partial charge is 0.248 e. The van der Waals surface area contributed by atoms with Gasteiger partial charge in [-0.1, -0.05) is 29.8 Å². The van der Waals surface area contributed by atoms with Crippen molar-refractivity contribution in [2.24, 2.45) is 0 Å². The average molecular weight is 465 g/mol. The second-order valence-corrected chi connectivity index (χ2v) is 8.60. The van der Waals surface area contributed by atoms with Crippen LogP contribution in [0, 0.1) is 0 Å². The molecule has 1 amide bonds. The number of sulfonamides is 1. The topological polar surface area (TPSA) is 93.7 Å². The molecule has 0 aromatic heterocycles. The fraction of sp³-hybridized carbons (Fsp3) is 0.227. The first-order chi connectivity index (χ1) is 14.8. The highest BCUT2D eigenvalue weighted by Crippen LogP contribution is 2.36. The molecule has 2 aromatic rings. The van der Waals surface area contributed by atoms with E-state index in [0.717, 1.165) is 0 Å². The molecule has 0 saturated carbocycles. The molecular formula is C22H25ClN2O5S. The van der Waals surface area contributed by atoms with Crippen molar-refractivity contribution < 1.29 is 22.7 Å². The van der Waals surface area contributed by atoms with E-state index in [2.05, 4.69) is 16.6 Å². The van der Waals surface area contributed by atoms with E-state index in [0.29, 0.717) is 39.9 Å². The van der Waals surface area contributed by atoms with E-state index in [1.807, 2.05) is 6.92 Å². The maximum Gasteiger partial charge on any atom is 0.248 e. The largest absolute Gasteiger partial charge is 0.491 e. The van der Waals surface area contributed by atoms with Crippen LogP contribution in [0.2, 0.25) is 5.02 Å². The SMILES string of the molecule is C=CCNS(=O)(=O)Cc1ccc(NC(=O)/C=C/c2cc(Cl)c(OC)c(OCC)c2)cc1. The minimum absolute atomic E-state index is 0.157. The summed E-state index contributed by atoms with van der Waals surface area (Å²) >= 11 is 6.21. The highest BCUT2D eigenvalue weighted by Gasteiger charge is 2.11. The molecule has 0 bridgehead atoms. The molecule has 0 aliphatic rings. The van der Waals surface area contributed by atoms with E-state index in [1.54, 1.807) is 42.5 Å². The second-order valence-electron chi connectivity index (χ2n) is 6.38. The van der Waals surface area contributed by atoms with Crippen LogP contribution in [0.4, 0.5) is 5.69 Å². The highest BCUT2D eigenvalue weighted by atomic mass is 35.5. The molecule has 7 nitrogen and oxygen atoms in total. The number of hydrogen-bond donors (Lipinski definition) is 2. The summed E-state index contributed by atoms with van der Waals surface area (Å²) in [5.74, 6) is 0.422. The van der Waals surface area contributed by atoms with Crippen molar-refractivity contribution in [2.45, 2.75) is 12.7 Å². The van der Waals surface area contributed by atoms with Crippen LogP contribution in [0.3, 0.4) is 0 Å². The lowest BCUT2D eigenvalue weighted by Crippen LogP contribution is -2.25. The number of nitrogens with one attached hydrogen (secondary N) is 2. The molecule has 0 unspecified atom stereocenters. The van der Waals surface area contributed by atoms with Gasteiger partial charge in [0.25, 0.3) is 0 Å². The third-order valence-corrected chi connectivity index (χ3v) is 5.59. The van der Waals surface area contributed by atoms with Gasteiger partial charge in [0, 0.05) is 18.3 Å². The lowest BCUT2D eigenvalue weighted by molar-refractivity contribution is -0.111. The van der Waals surface area contributed by atoms with Crippen LogP contribution < -0.4 is 19.5 Å². The fourth-order valence-corrected chi connectivity index (χ4v) is 4.04. The van der Waals surface area contributed by atoms with Gasteiger partial charge in [0.15, 0.2) is 11.5 Å². The minimum atomic E-state index is -3.44. The van der Waals surface area contributed by atoms with Gasteiger partial charge in [-0.3, -0.25) is 4.79 Å². The summed E-state index contributed by atoms with van der Waals surface area (Å²) in [5, 5.41) is 3.10. The van der Waals surface area contributed by atoms with E-state index >= 15 is 0 Å². The molecule has 0 heterocycles. The Hall–Kier alpha value is -2.81. The summed E-state index contributed by atoms with van der Waals surface area (Å²) in [4.78, 5) is 12.2. The molecular weight excluding hydrogens is 440 g/mol. The first-order valence-electron chi connectivity index (χ1n) is 9.44. The molecule has 31 heavy (non-hydrogen) atoms. The van der Waals surface area contributed by atoms with Gasteiger partial charge in [-0.15, -0.1) is 6.58 Å². The Labute approximate surface area is 187 Å². The molecule has 0 aliphatic carbocycles. The molecule has 166 valence electrons. The standard InChI is InChI=1S/C22H25ClN2O5S/c1-4-12-24-31(27,28)15-16-6-9-18(10-7-16)25-21(26)11-8-17-13-19(23)22(29-3)20(14-17)30-5-2/h4,6-11,13-14,24H,1,5,12,15H2,2-3H3,(H,25,26)/b11-8+. The minimum Gasteiger partial charge on any atom is -0.491 e. The molecule has 2 rings (SSSR count). The molecule has 2 aromatic carbocycles. The van der Waals surface area contributed by atoms with Crippen molar-refractivity contribution in [3.8, 4) is 11.5 Å². The zero-order chi connectivity index (χ0) is 22.9. The summed E-state index contributed by atoms with van der Waals surface area (Å²) < 4.78 is 37.0. The Morgan fingerprint density at radius 1 is 1.23 bits per heavy atom. The number of halogens is 1. The van der Waals surface area contributed by atoms with Gasteiger partial charge in [-0.25, -0.2) is 13.1 Å². The lowest BCUT2D eigenvalue weighted by Gasteiger charge is -2.11. The summed E-state index contributed by atoms with van der Waals surface area (Å²) in [5.41, 5.74) is 1.82. The third kappa shape index (κ3) is 7.75. The molecule has 2 N–H and O–H groups in total. The molecule has 0 fully saturated rings. The van der Waals surface area contributed by atoms with Gasteiger partial charge in [0.2, 0.25) is 15.9 Å². The van der Waals surface area contributed by atoms with Crippen LogP contribution in [-0.2, 0) is 20.6 Å². The molecule has 0 atom stereocenters. The zero-order valence-electron chi connectivity index (χ0n) is 17.4. The number of ether oxygens (including phenoxy) is 2. The van der Waals surface area contributed by atoms with E-state index in [4.69, 9.17) is 21.1 Å². The van der Waals surface area contributed by atoms with E-state index in [9.17, 15) is 13.2 Å². The number of carbonyl (C=O) groups excluding carboxylic acids is 1. The molecule has 0 spiro atoms. The summed E-state index contributed by atoms with van der Waals surface area (Å²) in [6, 6.07) is 9.97. The van der Waals surface area contributed by atoms with Gasteiger partial charge in [-0.2, -0.15) is 0 Å². The Bertz CT molecular complexity index is 1050. The number of amides is 1. The second kappa shape index (κ2) is 11.5. The summed E-state index contributed by atoms with van der Waals surface area (Å²) in [6.45, 7) is 5.95. The third-order valence-electron chi connectivity index (χ3n) is 3.99. The van der Waals surface area contributed by atoms with Crippen LogP contribution >= 0.6 is 11.6 Å². The molecule has 0 saturated heterocycles. The van der Waals surface area contributed by atoms with Crippen molar-refractivity contribution in [1.82, 2.24) is 4.72 Å². The van der Waals surface area contributed by atoms with Crippen molar-refractivity contribution in [1.29, 1.82) is 0 Å². The maximum atomic E-state index is 12.2. The average Bonchev–Trinajstić information content (AvgIpc) is 2.72. The van der Waals surface area contributed by atoms with Crippen molar-refractivity contribution in [3.05, 3.63) is 71.3 Å². The van der Waals surface area contributed by atoms with Crippen LogP contribution in [0.25, 0.3) is 6.08 Å². The summed E-state index contributed by atoms with van der Waals surface area (Å²) in [6.07, 6.45) is 4.45. The normalized spacial score (nSPS) is 11.3. The van der Waals surface area contributed by atoms with Gasteiger partial charge in [0.05, 0.1) is 24.5 Å². The molecule has 0 radical (unpaired) electrons. The molecule has 0 aliphatic heterocycles. The number of anilines is 1. The van der Waals surface area contributed by atoms with Crippen LogP contribution in [0.5, 0.6) is 11.5 Å².